The fourth-order valence-electron chi connectivity index (χ4n) is 1.74. The Hall–Kier alpha value is -1.59. The first-order valence-corrected chi connectivity index (χ1v) is 7.21. The fourth-order valence-corrected chi connectivity index (χ4v) is 1.86. The van der Waals surface area contributed by atoms with Crippen LogP contribution in [0.25, 0.3) is 0 Å². The Morgan fingerprint density at radius 2 is 2.05 bits per heavy atom. The maximum atomic E-state index is 12.1. The topological polar surface area (TPSA) is 64.6 Å². The summed E-state index contributed by atoms with van der Waals surface area (Å²) in [6.07, 6.45) is 0.552. The van der Waals surface area contributed by atoms with E-state index in [4.69, 9.17) is 21.1 Å². The number of carbonyl (C=O) groups is 2. The Bertz CT molecular complexity index is 504. The fraction of sp³-hybridized carbons (Fsp3) is 0.467. The van der Waals surface area contributed by atoms with Crippen LogP contribution in [0.4, 0.5) is 5.69 Å². The van der Waals surface area contributed by atoms with Gasteiger partial charge in [0.05, 0.1) is 17.7 Å². The molecule has 0 aliphatic carbocycles. The molecular weight excluding hydrogens is 294 g/mol. The van der Waals surface area contributed by atoms with Crippen molar-refractivity contribution >= 4 is 29.0 Å². The second-order valence-corrected chi connectivity index (χ2v) is 4.89. The lowest BCUT2D eigenvalue weighted by atomic mass is 10.1. The first kappa shape index (κ1) is 17.5. The van der Waals surface area contributed by atoms with E-state index in [0.717, 1.165) is 0 Å². The summed E-state index contributed by atoms with van der Waals surface area (Å²) in [4.78, 5) is 23.6. The molecule has 1 amide bonds. The molecule has 1 atom stereocenters. The molecule has 5 nitrogen and oxygen atoms in total. The number of alkyl halides is 1. The minimum atomic E-state index is -0.562. The number of ketones is 1. The number of halogens is 1. The normalized spacial score (nSPS) is 11.8. The van der Waals surface area contributed by atoms with Crippen molar-refractivity contribution in [3.8, 4) is 5.75 Å². The molecule has 0 aromatic heterocycles. The first-order valence-electron chi connectivity index (χ1n) is 6.77. The van der Waals surface area contributed by atoms with Gasteiger partial charge in [0.1, 0.15) is 12.4 Å². The Labute approximate surface area is 129 Å². The van der Waals surface area contributed by atoms with E-state index < -0.39 is 5.38 Å². The smallest absolute Gasteiger partial charge is 0.250 e. The monoisotopic (exact) mass is 313 g/mol. The van der Waals surface area contributed by atoms with Gasteiger partial charge in [-0.1, -0.05) is 6.92 Å². The Kier molecular flexibility index (Phi) is 7.19. The number of hydrogen-bond acceptors (Lipinski definition) is 4. The Balaban J connectivity index is 3.01. The second kappa shape index (κ2) is 8.64. The van der Waals surface area contributed by atoms with Crippen LogP contribution in [0.15, 0.2) is 18.2 Å². The standard InChI is InChI=1S/C15H20ClNO4/c1-4-11(16)15(19)10-6-7-12(13(8-10)21-5-2)17-14(18)9-20-3/h6-8,11H,4-5,9H2,1-3H3,(H,17,18). The van der Waals surface area contributed by atoms with Crippen molar-refractivity contribution in [3.63, 3.8) is 0 Å². The highest BCUT2D eigenvalue weighted by molar-refractivity contribution is 6.33. The molecule has 0 radical (unpaired) electrons. The molecule has 0 saturated carbocycles. The van der Waals surface area contributed by atoms with Crippen LogP contribution in [0, 0.1) is 0 Å². The summed E-state index contributed by atoms with van der Waals surface area (Å²) < 4.78 is 10.2. The molecule has 1 aromatic carbocycles. The summed E-state index contributed by atoms with van der Waals surface area (Å²) in [5.74, 6) is -0.0102. The van der Waals surface area contributed by atoms with Crippen LogP contribution in [-0.2, 0) is 9.53 Å². The van der Waals surface area contributed by atoms with Gasteiger partial charge in [-0.15, -0.1) is 11.6 Å². The quantitative estimate of drug-likeness (QED) is 0.592. The number of anilines is 1. The van der Waals surface area contributed by atoms with Gasteiger partial charge in [-0.25, -0.2) is 0 Å². The van der Waals surface area contributed by atoms with Crippen LogP contribution in [0.2, 0.25) is 0 Å². The number of ether oxygens (including phenoxy) is 2. The average molecular weight is 314 g/mol. The van der Waals surface area contributed by atoms with Gasteiger partial charge < -0.3 is 14.8 Å². The molecule has 116 valence electrons. The summed E-state index contributed by atoms with van der Waals surface area (Å²) in [6.45, 7) is 4.04. The Morgan fingerprint density at radius 1 is 1.33 bits per heavy atom. The maximum absolute atomic E-state index is 12.1. The highest BCUT2D eigenvalue weighted by Gasteiger charge is 2.18. The molecule has 0 bridgehead atoms. The van der Waals surface area contributed by atoms with E-state index in [1.165, 1.54) is 7.11 Å². The van der Waals surface area contributed by atoms with Gasteiger partial charge in [-0.2, -0.15) is 0 Å². The minimum absolute atomic E-state index is 0.0498. The lowest BCUT2D eigenvalue weighted by Gasteiger charge is -2.13. The van der Waals surface area contributed by atoms with Gasteiger partial charge in [-0.3, -0.25) is 9.59 Å². The van der Waals surface area contributed by atoms with Gasteiger partial charge in [0.2, 0.25) is 5.91 Å². The average Bonchev–Trinajstić information content (AvgIpc) is 2.48. The molecule has 1 rings (SSSR count). The zero-order chi connectivity index (χ0) is 15.8. The molecule has 0 heterocycles. The third-order valence-electron chi connectivity index (χ3n) is 2.76. The molecular formula is C15H20ClNO4. The summed E-state index contributed by atoms with van der Waals surface area (Å²) in [7, 11) is 1.44. The lowest BCUT2D eigenvalue weighted by Crippen LogP contribution is -2.18. The minimum Gasteiger partial charge on any atom is -0.492 e. The highest BCUT2D eigenvalue weighted by Crippen LogP contribution is 2.27. The molecule has 1 unspecified atom stereocenters. The van der Waals surface area contributed by atoms with E-state index >= 15 is 0 Å². The zero-order valence-electron chi connectivity index (χ0n) is 12.4. The summed E-state index contributed by atoms with van der Waals surface area (Å²) in [5, 5.41) is 2.11. The maximum Gasteiger partial charge on any atom is 0.250 e. The van der Waals surface area contributed by atoms with Crippen LogP contribution in [-0.4, -0.2) is 37.4 Å². The molecule has 0 spiro atoms. The van der Waals surface area contributed by atoms with E-state index in [-0.39, 0.29) is 18.3 Å². The van der Waals surface area contributed by atoms with E-state index in [9.17, 15) is 9.59 Å². The van der Waals surface area contributed by atoms with Gasteiger partial charge in [0, 0.05) is 12.7 Å². The van der Waals surface area contributed by atoms with Crippen molar-refractivity contribution < 1.29 is 19.1 Å². The van der Waals surface area contributed by atoms with Crippen LogP contribution in [0.3, 0.4) is 0 Å². The summed E-state index contributed by atoms with van der Waals surface area (Å²) in [5.41, 5.74) is 0.961. The van der Waals surface area contributed by atoms with Crippen LogP contribution in [0.1, 0.15) is 30.6 Å². The molecule has 0 aliphatic heterocycles. The third-order valence-corrected chi connectivity index (χ3v) is 3.27. The van der Waals surface area contributed by atoms with E-state index in [1.807, 2.05) is 13.8 Å². The largest absolute Gasteiger partial charge is 0.492 e. The van der Waals surface area contributed by atoms with Crippen molar-refractivity contribution in [3.05, 3.63) is 23.8 Å². The van der Waals surface area contributed by atoms with E-state index in [0.29, 0.717) is 30.0 Å². The van der Waals surface area contributed by atoms with Crippen LogP contribution >= 0.6 is 11.6 Å². The molecule has 1 N–H and O–H groups in total. The van der Waals surface area contributed by atoms with Crippen molar-refractivity contribution in [2.45, 2.75) is 25.6 Å². The molecule has 1 aromatic rings. The predicted molar refractivity (Wildman–Crippen MR) is 82.4 cm³/mol. The summed E-state index contributed by atoms with van der Waals surface area (Å²) in [6, 6.07) is 4.85. The number of hydrogen-bond donors (Lipinski definition) is 1. The Morgan fingerprint density at radius 3 is 2.62 bits per heavy atom. The van der Waals surface area contributed by atoms with Crippen LogP contribution < -0.4 is 10.1 Å². The van der Waals surface area contributed by atoms with E-state index in [1.54, 1.807) is 18.2 Å². The van der Waals surface area contributed by atoms with E-state index in [2.05, 4.69) is 5.32 Å². The number of nitrogens with one attached hydrogen (secondary N) is 1. The van der Waals surface area contributed by atoms with Gasteiger partial charge in [0.25, 0.3) is 0 Å². The van der Waals surface area contributed by atoms with Crippen molar-refractivity contribution in [1.29, 1.82) is 0 Å². The van der Waals surface area contributed by atoms with Crippen LogP contribution in [0.5, 0.6) is 5.75 Å². The molecule has 0 saturated heterocycles. The SMILES string of the molecule is CCOc1cc(C(=O)C(Cl)CC)ccc1NC(=O)COC. The lowest BCUT2D eigenvalue weighted by molar-refractivity contribution is -0.119. The molecule has 21 heavy (non-hydrogen) atoms. The first-order chi connectivity index (χ1) is 10.0. The number of rotatable bonds is 8. The van der Waals surface area contributed by atoms with Crippen molar-refractivity contribution in [1.82, 2.24) is 0 Å². The van der Waals surface area contributed by atoms with Gasteiger partial charge in [-0.05, 0) is 31.5 Å². The molecule has 0 fully saturated rings. The van der Waals surface area contributed by atoms with Gasteiger partial charge >= 0.3 is 0 Å². The van der Waals surface area contributed by atoms with Crippen molar-refractivity contribution in [2.75, 3.05) is 25.6 Å². The zero-order valence-corrected chi connectivity index (χ0v) is 13.2. The third kappa shape index (κ3) is 5.02. The molecule has 6 heteroatoms. The van der Waals surface area contributed by atoms with Gasteiger partial charge in [0.15, 0.2) is 5.78 Å². The second-order valence-electron chi connectivity index (χ2n) is 4.37. The molecule has 0 aliphatic rings. The number of methoxy groups -OCH3 is 1. The summed E-state index contributed by atoms with van der Waals surface area (Å²) >= 11 is 5.97. The number of benzene rings is 1. The number of carbonyl (C=O) groups excluding carboxylic acids is 2. The van der Waals surface area contributed by atoms with Crippen molar-refractivity contribution in [2.24, 2.45) is 0 Å². The highest BCUT2D eigenvalue weighted by atomic mass is 35.5. The predicted octanol–water partition coefficient (Wildman–Crippen LogP) is 2.87. The number of Topliss-reactive ketones (excluding diaryl/α,β-unsaturated/α-hetero) is 1. The number of amides is 1.